The molecule has 0 spiro atoms. The smallest absolute Gasteiger partial charge is 0.270 e. The van der Waals surface area contributed by atoms with Crippen molar-refractivity contribution in [2.75, 3.05) is 5.32 Å². The number of benzene rings is 2. The maximum absolute atomic E-state index is 13.3. The Hall–Kier alpha value is -3.45. The van der Waals surface area contributed by atoms with E-state index in [-0.39, 0.29) is 23.8 Å². The van der Waals surface area contributed by atoms with Crippen molar-refractivity contribution in [1.29, 1.82) is 5.26 Å². The van der Waals surface area contributed by atoms with Crippen molar-refractivity contribution in [1.82, 2.24) is 9.47 Å². The zero-order chi connectivity index (χ0) is 26.7. The lowest BCUT2D eigenvalue weighted by atomic mass is 10.0. The lowest BCUT2D eigenvalue weighted by molar-refractivity contribution is -0.122. The summed E-state index contributed by atoms with van der Waals surface area (Å²) in [4.78, 5) is 28.2. The first kappa shape index (κ1) is 26.6. The number of amides is 1. The molecule has 0 saturated carbocycles. The molecule has 2 aromatic carbocycles. The summed E-state index contributed by atoms with van der Waals surface area (Å²) in [7, 11) is 0. The average molecular weight is 553 g/mol. The highest BCUT2D eigenvalue weighted by Crippen LogP contribution is 2.36. The third-order valence-corrected chi connectivity index (χ3v) is 7.74. The molecule has 1 aliphatic heterocycles. The Kier molecular flexibility index (Phi) is 8.13. The Morgan fingerprint density at radius 1 is 1.19 bits per heavy atom. The number of nitrogens with one attached hydrogen (secondary N) is 1. The van der Waals surface area contributed by atoms with E-state index in [1.807, 2.05) is 31.2 Å². The predicted molar refractivity (Wildman–Crippen MR) is 150 cm³/mol. The van der Waals surface area contributed by atoms with Crippen LogP contribution in [0, 0.1) is 24.1 Å². The first-order valence-corrected chi connectivity index (χ1v) is 13.0. The van der Waals surface area contributed by atoms with Crippen molar-refractivity contribution in [3.05, 3.63) is 102 Å². The molecule has 2 heterocycles. The molecule has 1 N–H and O–H groups in total. The highest BCUT2D eigenvalue weighted by molar-refractivity contribution is 8.26. The number of rotatable bonds is 7. The SMILES string of the molecule is CCn1c(NCc2ccccc2Cl)c(/C=C2/SC(=S)N(Cc3ccc(F)cc3)C2=O)c(C)c(C#N)c1=O. The van der Waals surface area contributed by atoms with Gasteiger partial charge >= 0.3 is 0 Å². The van der Waals surface area contributed by atoms with E-state index in [1.54, 1.807) is 31.2 Å². The summed E-state index contributed by atoms with van der Waals surface area (Å²) in [5, 5.41) is 13.6. The van der Waals surface area contributed by atoms with Crippen LogP contribution in [0.4, 0.5) is 10.2 Å². The Morgan fingerprint density at radius 2 is 1.89 bits per heavy atom. The van der Waals surface area contributed by atoms with E-state index < -0.39 is 5.56 Å². The lowest BCUT2D eigenvalue weighted by Crippen LogP contribution is -2.28. The van der Waals surface area contributed by atoms with Crippen LogP contribution < -0.4 is 10.9 Å². The number of thiocarbonyl (C=S) groups is 1. The van der Waals surface area contributed by atoms with Crippen LogP contribution >= 0.6 is 35.6 Å². The molecule has 0 atom stereocenters. The summed E-state index contributed by atoms with van der Waals surface area (Å²) in [6.07, 6.45) is 1.67. The normalized spacial score (nSPS) is 14.4. The fourth-order valence-corrected chi connectivity index (χ4v) is 5.46. The van der Waals surface area contributed by atoms with Crippen molar-refractivity contribution < 1.29 is 9.18 Å². The first-order valence-electron chi connectivity index (χ1n) is 11.4. The van der Waals surface area contributed by atoms with Gasteiger partial charge in [-0.15, -0.1) is 0 Å². The van der Waals surface area contributed by atoms with E-state index in [4.69, 9.17) is 23.8 Å². The molecule has 188 valence electrons. The minimum Gasteiger partial charge on any atom is -0.367 e. The molecule has 0 unspecified atom stereocenters. The van der Waals surface area contributed by atoms with Crippen LogP contribution in [0.25, 0.3) is 6.08 Å². The molecule has 1 aliphatic rings. The Morgan fingerprint density at radius 3 is 2.54 bits per heavy atom. The van der Waals surface area contributed by atoms with Gasteiger partial charge in [0.2, 0.25) is 0 Å². The van der Waals surface area contributed by atoms with Gasteiger partial charge in [0.15, 0.2) is 0 Å². The van der Waals surface area contributed by atoms with Crippen LogP contribution in [-0.4, -0.2) is 19.7 Å². The van der Waals surface area contributed by atoms with E-state index in [2.05, 4.69) is 5.32 Å². The number of aromatic nitrogens is 1. The summed E-state index contributed by atoms with van der Waals surface area (Å²) in [6, 6.07) is 15.2. The van der Waals surface area contributed by atoms with Gasteiger partial charge in [-0.3, -0.25) is 19.1 Å². The number of pyridine rings is 1. The van der Waals surface area contributed by atoms with Gasteiger partial charge in [-0.2, -0.15) is 5.26 Å². The standard InChI is InChI=1S/C27H22ClFN4O2S2/c1-3-32-24(31-14-18-6-4-5-7-22(18)28)20(16(2)21(13-30)25(32)34)12-23-26(35)33(27(36)37-23)15-17-8-10-19(29)11-9-17/h4-12,31H,3,14-15H2,1-2H3/b23-12+. The summed E-state index contributed by atoms with van der Waals surface area (Å²) < 4.78 is 15.1. The molecule has 1 fully saturated rings. The van der Waals surface area contributed by atoms with Crippen LogP contribution in [0.2, 0.25) is 5.02 Å². The highest BCUT2D eigenvalue weighted by atomic mass is 35.5. The van der Waals surface area contributed by atoms with Crippen LogP contribution in [0.3, 0.4) is 0 Å². The second-order valence-electron chi connectivity index (χ2n) is 8.26. The fraction of sp³-hybridized carbons (Fsp3) is 0.185. The van der Waals surface area contributed by atoms with Crippen molar-refractivity contribution in [3.8, 4) is 6.07 Å². The molecule has 10 heteroatoms. The monoisotopic (exact) mass is 552 g/mol. The van der Waals surface area contributed by atoms with E-state index >= 15 is 0 Å². The third-order valence-electron chi connectivity index (χ3n) is 6.00. The van der Waals surface area contributed by atoms with Gasteiger partial charge in [0.05, 0.1) is 11.4 Å². The molecule has 1 saturated heterocycles. The summed E-state index contributed by atoms with van der Waals surface area (Å²) >= 11 is 12.9. The highest BCUT2D eigenvalue weighted by Gasteiger charge is 2.33. The zero-order valence-electron chi connectivity index (χ0n) is 20.0. The van der Waals surface area contributed by atoms with Crippen molar-refractivity contribution in [2.45, 2.75) is 33.5 Å². The number of nitrogens with zero attached hydrogens (tertiary/aromatic N) is 3. The quantitative estimate of drug-likeness (QED) is 0.292. The minimum atomic E-state index is -0.412. The van der Waals surface area contributed by atoms with Gasteiger partial charge < -0.3 is 5.32 Å². The van der Waals surface area contributed by atoms with Crippen LogP contribution in [0.1, 0.15) is 34.7 Å². The third kappa shape index (κ3) is 5.47. The van der Waals surface area contributed by atoms with Gasteiger partial charge in [-0.05, 0) is 54.8 Å². The zero-order valence-corrected chi connectivity index (χ0v) is 22.4. The van der Waals surface area contributed by atoms with E-state index in [9.17, 15) is 19.2 Å². The number of carbonyl (C=O) groups excluding carboxylic acids is 1. The number of hydrogen-bond acceptors (Lipinski definition) is 6. The topological polar surface area (TPSA) is 78.1 Å². The van der Waals surface area contributed by atoms with Gasteiger partial charge in [-0.25, -0.2) is 4.39 Å². The molecule has 0 aliphatic carbocycles. The van der Waals surface area contributed by atoms with Crippen molar-refractivity contribution in [2.24, 2.45) is 0 Å². The van der Waals surface area contributed by atoms with Crippen molar-refractivity contribution in [3.63, 3.8) is 0 Å². The van der Waals surface area contributed by atoms with E-state index in [0.29, 0.717) is 44.3 Å². The number of carbonyl (C=O) groups is 1. The summed E-state index contributed by atoms with van der Waals surface area (Å²) in [5.74, 6) is -0.183. The van der Waals surface area contributed by atoms with E-state index in [0.717, 1.165) is 22.9 Å². The minimum absolute atomic E-state index is 0.0122. The molecule has 37 heavy (non-hydrogen) atoms. The first-order chi connectivity index (χ1) is 17.7. The Balaban J connectivity index is 1.76. The summed E-state index contributed by atoms with van der Waals surface area (Å²) in [5.41, 5.74) is 2.18. The Bertz CT molecular complexity index is 1530. The molecular formula is C27H22ClFN4O2S2. The number of halogens is 2. The van der Waals surface area contributed by atoms with Gasteiger partial charge in [0, 0.05) is 23.7 Å². The van der Waals surface area contributed by atoms with E-state index in [1.165, 1.54) is 21.6 Å². The largest absolute Gasteiger partial charge is 0.367 e. The summed E-state index contributed by atoms with van der Waals surface area (Å²) in [6.45, 7) is 4.34. The molecule has 1 aromatic heterocycles. The van der Waals surface area contributed by atoms with Crippen LogP contribution in [0.15, 0.2) is 58.2 Å². The molecule has 3 aromatic rings. The molecule has 0 radical (unpaired) electrons. The predicted octanol–water partition coefficient (Wildman–Crippen LogP) is 5.85. The maximum atomic E-state index is 13.3. The second kappa shape index (κ2) is 11.3. The maximum Gasteiger partial charge on any atom is 0.270 e. The number of anilines is 1. The second-order valence-corrected chi connectivity index (χ2v) is 10.3. The van der Waals surface area contributed by atoms with Gasteiger partial charge in [0.1, 0.15) is 27.6 Å². The van der Waals surface area contributed by atoms with Crippen LogP contribution in [-0.2, 0) is 24.4 Å². The van der Waals surface area contributed by atoms with Crippen molar-refractivity contribution >= 4 is 57.7 Å². The lowest BCUT2D eigenvalue weighted by Gasteiger charge is -2.20. The molecule has 6 nitrogen and oxygen atoms in total. The average Bonchev–Trinajstić information content (AvgIpc) is 3.14. The molecule has 4 rings (SSSR count). The number of thioether (sulfide) groups is 1. The van der Waals surface area contributed by atoms with Crippen LogP contribution in [0.5, 0.6) is 0 Å². The molecule has 0 bridgehead atoms. The number of nitriles is 1. The van der Waals surface area contributed by atoms with Gasteiger partial charge in [-0.1, -0.05) is 65.9 Å². The fourth-order valence-electron chi connectivity index (χ4n) is 4.02. The molecular weight excluding hydrogens is 531 g/mol. The Labute approximate surface area is 228 Å². The van der Waals surface area contributed by atoms with Gasteiger partial charge in [0.25, 0.3) is 11.5 Å². The molecule has 1 amide bonds. The number of hydrogen-bond donors (Lipinski definition) is 1.